The second-order valence-corrected chi connectivity index (χ2v) is 9.09. The maximum atomic E-state index is 6.41. The summed E-state index contributed by atoms with van der Waals surface area (Å²) < 4.78 is 6.41. The molecule has 0 unspecified atom stereocenters. The van der Waals surface area contributed by atoms with Crippen LogP contribution >= 0.6 is 11.6 Å². The molecule has 5 aromatic carbocycles. The average Bonchev–Trinajstić information content (AvgIpc) is 3.15. The largest absolute Gasteiger partial charge is 0.457 e. The van der Waals surface area contributed by atoms with Crippen LogP contribution in [-0.2, 0) is 5.41 Å². The van der Waals surface area contributed by atoms with Crippen LogP contribution in [-0.4, -0.2) is 0 Å². The van der Waals surface area contributed by atoms with Crippen molar-refractivity contribution in [3.05, 3.63) is 143 Å². The second kappa shape index (κ2) is 6.84. The van der Waals surface area contributed by atoms with Gasteiger partial charge < -0.3 is 4.74 Å². The first-order valence-corrected chi connectivity index (χ1v) is 11.5. The van der Waals surface area contributed by atoms with Gasteiger partial charge in [-0.1, -0.05) is 96.5 Å². The van der Waals surface area contributed by atoms with Gasteiger partial charge in [-0.15, -0.1) is 0 Å². The van der Waals surface area contributed by atoms with Gasteiger partial charge in [-0.2, -0.15) is 0 Å². The van der Waals surface area contributed by atoms with Crippen LogP contribution < -0.4 is 4.74 Å². The number of para-hydroxylation sites is 2. The molecule has 5 aromatic rings. The Morgan fingerprint density at radius 2 is 1.03 bits per heavy atom. The topological polar surface area (TPSA) is 9.23 Å². The summed E-state index contributed by atoms with van der Waals surface area (Å²) >= 11 is 6.17. The normalized spacial score (nSPS) is 14.1. The molecule has 1 aliphatic heterocycles. The van der Waals surface area contributed by atoms with Crippen LogP contribution in [0.5, 0.6) is 11.5 Å². The van der Waals surface area contributed by atoms with Gasteiger partial charge in [0.2, 0.25) is 0 Å². The highest BCUT2D eigenvalue weighted by atomic mass is 35.5. The molecular weight excluding hydrogens is 424 g/mol. The van der Waals surface area contributed by atoms with Crippen molar-refractivity contribution in [1.82, 2.24) is 0 Å². The van der Waals surface area contributed by atoms with Gasteiger partial charge in [0.05, 0.1) is 5.41 Å². The second-order valence-electron chi connectivity index (χ2n) is 8.66. The number of benzene rings is 5. The van der Waals surface area contributed by atoms with E-state index in [-0.39, 0.29) is 0 Å². The molecular formula is C31H19ClO. The van der Waals surface area contributed by atoms with Crippen molar-refractivity contribution in [1.29, 1.82) is 0 Å². The van der Waals surface area contributed by atoms with Gasteiger partial charge in [0.25, 0.3) is 0 Å². The average molecular weight is 443 g/mol. The Kier molecular flexibility index (Phi) is 3.88. The zero-order valence-corrected chi connectivity index (χ0v) is 18.5. The summed E-state index contributed by atoms with van der Waals surface area (Å²) in [5.74, 6) is 1.83. The fraction of sp³-hybridized carbons (Fsp3) is 0.0323. The quantitative estimate of drug-likeness (QED) is 0.247. The maximum Gasteiger partial charge on any atom is 0.132 e. The van der Waals surface area contributed by atoms with E-state index in [4.69, 9.17) is 16.3 Å². The minimum atomic E-state index is -0.431. The lowest BCUT2D eigenvalue weighted by Crippen LogP contribution is -2.32. The standard InChI is InChI=1S/C31H19ClO/c32-22-16-13-20(14-17-22)21-15-18-24-23-7-1-2-8-25(23)31(28(24)19-21)26-9-3-5-11-29(26)33-30-12-6-4-10-27(30)31/h1-19H. The van der Waals surface area contributed by atoms with Gasteiger partial charge in [0.1, 0.15) is 11.5 Å². The lowest BCUT2D eigenvalue weighted by Gasteiger charge is -2.39. The number of hydrogen-bond acceptors (Lipinski definition) is 1. The molecule has 2 aliphatic rings. The molecule has 0 atom stereocenters. The predicted octanol–water partition coefficient (Wildman–Crippen LogP) is 8.48. The SMILES string of the molecule is Clc1ccc(-c2ccc3c(c2)C2(c4ccccc4Oc4ccccc42)c2ccccc2-3)cc1. The summed E-state index contributed by atoms with van der Waals surface area (Å²) in [6.45, 7) is 0. The maximum absolute atomic E-state index is 6.41. The molecule has 0 saturated carbocycles. The third-order valence-electron chi connectivity index (χ3n) is 7.02. The van der Waals surface area contributed by atoms with Crippen molar-refractivity contribution in [3.63, 3.8) is 0 Å². The molecule has 0 bridgehead atoms. The third kappa shape index (κ3) is 2.49. The summed E-state index contributed by atoms with van der Waals surface area (Å²) in [5.41, 5.74) is 9.42. The van der Waals surface area contributed by atoms with E-state index in [0.29, 0.717) is 0 Å². The van der Waals surface area contributed by atoms with Crippen molar-refractivity contribution < 1.29 is 4.74 Å². The van der Waals surface area contributed by atoms with Crippen LogP contribution in [0.25, 0.3) is 22.3 Å². The fourth-order valence-corrected chi connectivity index (χ4v) is 5.80. The lowest BCUT2D eigenvalue weighted by atomic mass is 9.66. The van der Waals surface area contributed by atoms with Crippen molar-refractivity contribution in [2.75, 3.05) is 0 Å². The first-order chi connectivity index (χ1) is 16.3. The van der Waals surface area contributed by atoms with Crippen LogP contribution in [0.3, 0.4) is 0 Å². The molecule has 7 rings (SSSR count). The van der Waals surface area contributed by atoms with Crippen molar-refractivity contribution in [2.24, 2.45) is 0 Å². The molecule has 33 heavy (non-hydrogen) atoms. The number of halogens is 1. The highest BCUT2D eigenvalue weighted by Crippen LogP contribution is 2.62. The molecule has 1 spiro atoms. The van der Waals surface area contributed by atoms with Crippen LogP contribution in [0.4, 0.5) is 0 Å². The van der Waals surface area contributed by atoms with E-state index < -0.39 is 5.41 Å². The molecule has 0 radical (unpaired) electrons. The van der Waals surface area contributed by atoms with Crippen LogP contribution in [0.15, 0.2) is 115 Å². The third-order valence-corrected chi connectivity index (χ3v) is 7.28. The lowest BCUT2D eigenvalue weighted by molar-refractivity contribution is 0.436. The van der Waals surface area contributed by atoms with Gasteiger partial charge in [-0.05, 0) is 63.7 Å². The number of ether oxygens (including phenoxy) is 1. The minimum absolute atomic E-state index is 0.431. The summed E-state index contributed by atoms with van der Waals surface area (Å²) in [5, 5.41) is 0.746. The van der Waals surface area contributed by atoms with E-state index in [9.17, 15) is 0 Å². The highest BCUT2D eigenvalue weighted by molar-refractivity contribution is 6.30. The smallest absolute Gasteiger partial charge is 0.132 e. The number of rotatable bonds is 1. The van der Waals surface area contributed by atoms with E-state index in [2.05, 4.69) is 91.0 Å². The van der Waals surface area contributed by atoms with Crippen molar-refractivity contribution >= 4 is 11.6 Å². The number of hydrogen-bond donors (Lipinski definition) is 0. The van der Waals surface area contributed by atoms with E-state index in [1.54, 1.807) is 0 Å². The first-order valence-electron chi connectivity index (χ1n) is 11.1. The molecule has 2 heteroatoms. The molecule has 0 fully saturated rings. The van der Waals surface area contributed by atoms with E-state index in [1.807, 2.05) is 24.3 Å². The molecule has 0 amide bonds. The number of fused-ring (bicyclic) bond motifs is 9. The van der Waals surface area contributed by atoms with Crippen LogP contribution in [0.2, 0.25) is 5.02 Å². The Morgan fingerprint density at radius 1 is 0.485 bits per heavy atom. The Morgan fingerprint density at radius 3 is 1.73 bits per heavy atom. The first kappa shape index (κ1) is 18.7. The fourth-order valence-electron chi connectivity index (χ4n) is 5.68. The molecule has 0 saturated heterocycles. The molecule has 1 aliphatic carbocycles. The molecule has 0 N–H and O–H groups in total. The molecule has 156 valence electrons. The summed E-state index contributed by atoms with van der Waals surface area (Å²) in [6, 6.07) is 40.6. The van der Waals surface area contributed by atoms with Crippen molar-refractivity contribution in [2.45, 2.75) is 5.41 Å². The monoisotopic (exact) mass is 442 g/mol. The predicted molar refractivity (Wildman–Crippen MR) is 134 cm³/mol. The van der Waals surface area contributed by atoms with Gasteiger partial charge >= 0.3 is 0 Å². The summed E-state index contributed by atoms with van der Waals surface area (Å²) in [7, 11) is 0. The molecule has 1 heterocycles. The van der Waals surface area contributed by atoms with Crippen LogP contribution in [0, 0.1) is 0 Å². The minimum Gasteiger partial charge on any atom is -0.457 e. The van der Waals surface area contributed by atoms with Gasteiger partial charge in [0.15, 0.2) is 0 Å². The zero-order chi connectivity index (χ0) is 22.0. The zero-order valence-electron chi connectivity index (χ0n) is 17.8. The van der Waals surface area contributed by atoms with Crippen molar-refractivity contribution in [3.8, 4) is 33.8 Å². The Labute approximate surface area is 197 Å². The highest BCUT2D eigenvalue weighted by Gasteiger charge is 2.50. The Bertz CT molecular complexity index is 1500. The Hall–Kier alpha value is -3.81. The Balaban J connectivity index is 1.62. The molecule has 0 aromatic heterocycles. The van der Waals surface area contributed by atoms with Gasteiger partial charge in [0, 0.05) is 16.1 Å². The summed E-state index contributed by atoms with van der Waals surface area (Å²) in [4.78, 5) is 0. The van der Waals surface area contributed by atoms with E-state index >= 15 is 0 Å². The molecule has 1 nitrogen and oxygen atoms in total. The van der Waals surface area contributed by atoms with Gasteiger partial charge in [-0.25, -0.2) is 0 Å². The van der Waals surface area contributed by atoms with E-state index in [1.165, 1.54) is 38.9 Å². The van der Waals surface area contributed by atoms with Gasteiger partial charge in [-0.3, -0.25) is 0 Å². The van der Waals surface area contributed by atoms with Crippen LogP contribution in [0.1, 0.15) is 22.3 Å². The van der Waals surface area contributed by atoms with E-state index in [0.717, 1.165) is 22.1 Å². The summed E-state index contributed by atoms with van der Waals surface area (Å²) in [6.07, 6.45) is 0.